The van der Waals surface area contributed by atoms with Crippen LogP contribution in [0.1, 0.15) is 5.56 Å². The van der Waals surface area contributed by atoms with Crippen molar-refractivity contribution in [1.29, 1.82) is 0 Å². The maximum absolute atomic E-state index is 6.07. The van der Waals surface area contributed by atoms with Crippen molar-refractivity contribution in [1.82, 2.24) is 14.7 Å². The van der Waals surface area contributed by atoms with Crippen molar-refractivity contribution in [2.75, 3.05) is 14.2 Å². The van der Waals surface area contributed by atoms with Crippen molar-refractivity contribution >= 4 is 35.4 Å². The summed E-state index contributed by atoms with van der Waals surface area (Å²) in [5.41, 5.74) is 1.88. The molecular formula is C18H17Cl2N3O2S. The molecule has 0 N–H and O–H groups in total. The SMILES string of the molecule is COc1ccc(-c2nn(CN(C)Cc3ccc(Cl)c(Cl)c3)c(=S)o2)cc1. The summed E-state index contributed by atoms with van der Waals surface area (Å²) in [5.74, 6) is 1.24. The number of ether oxygens (including phenoxy) is 1. The number of nitrogens with zero attached hydrogens (tertiary/aromatic N) is 3. The van der Waals surface area contributed by atoms with Crippen LogP contribution in [0.25, 0.3) is 11.5 Å². The molecule has 0 aliphatic heterocycles. The summed E-state index contributed by atoms with van der Waals surface area (Å²) >= 11 is 17.3. The van der Waals surface area contributed by atoms with Gasteiger partial charge < -0.3 is 9.15 Å². The van der Waals surface area contributed by atoms with Gasteiger partial charge in [-0.2, -0.15) is 0 Å². The van der Waals surface area contributed by atoms with E-state index < -0.39 is 0 Å². The summed E-state index contributed by atoms with van der Waals surface area (Å²) < 4.78 is 12.4. The van der Waals surface area contributed by atoms with E-state index >= 15 is 0 Å². The van der Waals surface area contributed by atoms with Gasteiger partial charge in [-0.3, -0.25) is 4.90 Å². The largest absolute Gasteiger partial charge is 0.497 e. The minimum atomic E-state index is 0.316. The third kappa shape index (κ3) is 4.45. The molecule has 8 heteroatoms. The van der Waals surface area contributed by atoms with Gasteiger partial charge in [0.1, 0.15) is 5.75 Å². The van der Waals surface area contributed by atoms with Gasteiger partial charge >= 0.3 is 0 Å². The van der Waals surface area contributed by atoms with Crippen molar-refractivity contribution in [2.24, 2.45) is 0 Å². The standard InChI is InChI=1S/C18H17Cl2N3O2S/c1-22(10-12-3-8-15(19)16(20)9-12)11-23-18(26)25-17(21-23)13-4-6-14(24-2)7-5-13/h3-9H,10-11H2,1-2H3. The number of hydrogen-bond acceptors (Lipinski definition) is 5. The van der Waals surface area contributed by atoms with Gasteiger partial charge in [-0.25, -0.2) is 4.68 Å². The van der Waals surface area contributed by atoms with Crippen LogP contribution in [0.2, 0.25) is 10.0 Å². The topological polar surface area (TPSA) is 43.4 Å². The van der Waals surface area contributed by atoms with Gasteiger partial charge in [-0.15, -0.1) is 5.10 Å². The lowest BCUT2D eigenvalue weighted by molar-refractivity contribution is 0.241. The zero-order valence-corrected chi connectivity index (χ0v) is 16.6. The Labute approximate surface area is 166 Å². The molecule has 5 nitrogen and oxygen atoms in total. The third-order valence-corrected chi connectivity index (χ3v) is 4.79. The molecule has 3 aromatic rings. The normalized spacial score (nSPS) is 11.1. The molecule has 26 heavy (non-hydrogen) atoms. The summed E-state index contributed by atoms with van der Waals surface area (Å²) in [5, 5.41) is 5.55. The molecule has 0 aliphatic carbocycles. The van der Waals surface area contributed by atoms with E-state index in [1.807, 2.05) is 43.4 Å². The molecule has 3 rings (SSSR count). The summed E-state index contributed by atoms with van der Waals surface area (Å²) in [4.78, 5) is 2.37. The molecule has 0 bridgehead atoms. The van der Waals surface area contributed by atoms with Gasteiger partial charge in [-0.1, -0.05) is 29.3 Å². The number of benzene rings is 2. The predicted molar refractivity (Wildman–Crippen MR) is 105 cm³/mol. The van der Waals surface area contributed by atoms with Gasteiger partial charge in [0, 0.05) is 12.1 Å². The highest BCUT2D eigenvalue weighted by atomic mass is 35.5. The molecule has 1 aromatic heterocycles. The van der Waals surface area contributed by atoms with Gasteiger partial charge in [0.25, 0.3) is 4.84 Å². The molecule has 0 aliphatic rings. The number of hydrogen-bond donors (Lipinski definition) is 0. The molecular weight excluding hydrogens is 393 g/mol. The Morgan fingerprint density at radius 3 is 2.54 bits per heavy atom. The summed E-state index contributed by atoms with van der Waals surface area (Å²) in [6, 6.07) is 13.0. The van der Waals surface area contributed by atoms with Crippen LogP contribution in [0.15, 0.2) is 46.9 Å². The van der Waals surface area contributed by atoms with Crippen molar-refractivity contribution in [3.05, 3.63) is 62.9 Å². The molecule has 1 heterocycles. The summed E-state index contributed by atoms with van der Waals surface area (Å²) in [6.07, 6.45) is 0. The molecule has 0 amide bonds. The predicted octanol–water partition coefficient (Wildman–Crippen LogP) is 5.28. The highest BCUT2D eigenvalue weighted by Gasteiger charge is 2.11. The molecule has 2 aromatic carbocycles. The second-order valence-electron chi connectivity index (χ2n) is 5.81. The summed E-state index contributed by atoms with van der Waals surface area (Å²) in [6.45, 7) is 1.15. The molecule has 0 radical (unpaired) electrons. The summed E-state index contributed by atoms with van der Waals surface area (Å²) in [7, 11) is 3.59. The van der Waals surface area contributed by atoms with Crippen LogP contribution in [0.5, 0.6) is 5.75 Å². The van der Waals surface area contributed by atoms with E-state index in [1.54, 1.807) is 17.9 Å². The third-order valence-electron chi connectivity index (χ3n) is 3.76. The Morgan fingerprint density at radius 1 is 1.15 bits per heavy atom. The van der Waals surface area contributed by atoms with Crippen LogP contribution in [0.3, 0.4) is 0 Å². The Kier molecular flexibility index (Phi) is 5.98. The fourth-order valence-corrected chi connectivity index (χ4v) is 2.97. The maximum atomic E-state index is 6.07. The minimum Gasteiger partial charge on any atom is -0.497 e. The first-order valence-electron chi connectivity index (χ1n) is 7.81. The lowest BCUT2D eigenvalue weighted by Gasteiger charge is -2.16. The van der Waals surface area contributed by atoms with Gasteiger partial charge in [0.05, 0.1) is 23.8 Å². The van der Waals surface area contributed by atoms with Gasteiger partial charge in [0.15, 0.2) is 0 Å². The minimum absolute atomic E-state index is 0.316. The first kappa shape index (κ1) is 18.9. The Bertz CT molecular complexity index is 954. The first-order valence-corrected chi connectivity index (χ1v) is 8.97. The molecule has 0 fully saturated rings. The fourth-order valence-electron chi connectivity index (χ4n) is 2.47. The smallest absolute Gasteiger partial charge is 0.288 e. The van der Waals surface area contributed by atoms with E-state index in [2.05, 4.69) is 10.00 Å². The van der Waals surface area contributed by atoms with Crippen molar-refractivity contribution in [3.63, 3.8) is 0 Å². The lowest BCUT2D eigenvalue weighted by Crippen LogP contribution is -2.22. The monoisotopic (exact) mass is 409 g/mol. The zero-order valence-electron chi connectivity index (χ0n) is 14.3. The van der Waals surface area contributed by atoms with E-state index in [9.17, 15) is 0 Å². The lowest BCUT2D eigenvalue weighted by atomic mass is 10.2. The van der Waals surface area contributed by atoms with E-state index in [0.29, 0.717) is 34.0 Å². The number of methoxy groups -OCH3 is 1. The van der Waals surface area contributed by atoms with Crippen LogP contribution in [0, 0.1) is 4.84 Å². The molecule has 0 atom stereocenters. The quantitative estimate of drug-likeness (QED) is 0.518. The van der Waals surface area contributed by atoms with Crippen molar-refractivity contribution in [2.45, 2.75) is 13.2 Å². The van der Waals surface area contributed by atoms with E-state index in [-0.39, 0.29) is 0 Å². The number of halogens is 2. The van der Waals surface area contributed by atoms with Gasteiger partial charge in [0.2, 0.25) is 5.89 Å². The molecule has 0 saturated heterocycles. The van der Waals surface area contributed by atoms with Crippen molar-refractivity contribution < 1.29 is 9.15 Å². The number of aromatic nitrogens is 2. The molecule has 0 spiro atoms. The van der Waals surface area contributed by atoms with E-state index in [4.69, 9.17) is 44.6 Å². The van der Waals surface area contributed by atoms with Crippen LogP contribution >= 0.6 is 35.4 Å². The van der Waals surface area contributed by atoms with Crippen LogP contribution in [-0.2, 0) is 13.2 Å². The Balaban J connectivity index is 1.72. The second kappa shape index (κ2) is 8.22. The zero-order chi connectivity index (χ0) is 18.7. The fraction of sp³-hybridized carbons (Fsp3) is 0.222. The molecule has 0 saturated carbocycles. The molecule has 0 unspecified atom stereocenters. The van der Waals surface area contributed by atoms with Crippen LogP contribution in [0.4, 0.5) is 0 Å². The highest BCUT2D eigenvalue weighted by Crippen LogP contribution is 2.24. The van der Waals surface area contributed by atoms with Crippen molar-refractivity contribution in [3.8, 4) is 17.2 Å². The Morgan fingerprint density at radius 2 is 1.88 bits per heavy atom. The Hall–Kier alpha value is -1.86. The molecule has 136 valence electrons. The first-order chi connectivity index (χ1) is 12.5. The van der Waals surface area contributed by atoms with Gasteiger partial charge in [-0.05, 0) is 61.2 Å². The highest BCUT2D eigenvalue weighted by molar-refractivity contribution is 7.71. The second-order valence-corrected chi connectivity index (χ2v) is 6.97. The van der Waals surface area contributed by atoms with E-state index in [0.717, 1.165) is 16.9 Å². The average Bonchev–Trinajstić information content (AvgIpc) is 2.99. The van der Waals surface area contributed by atoms with Crippen LogP contribution < -0.4 is 4.74 Å². The average molecular weight is 410 g/mol. The maximum Gasteiger partial charge on any atom is 0.288 e. The van der Waals surface area contributed by atoms with E-state index in [1.165, 1.54) is 0 Å². The number of rotatable bonds is 6. The van der Waals surface area contributed by atoms with Crippen LogP contribution in [-0.4, -0.2) is 28.8 Å².